The first kappa shape index (κ1) is 36.7. The summed E-state index contributed by atoms with van der Waals surface area (Å²) >= 11 is 6.14. The van der Waals surface area contributed by atoms with Gasteiger partial charge in [0.05, 0.1) is 29.1 Å². The predicted octanol–water partition coefficient (Wildman–Crippen LogP) is 6.29. The third-order valence-corrected chi connectivity index (χ3v) is 7.31. The molecule has 1 aromatic carbocycles. The molecule has 14 nitrogen and oxygen atoms in total. The van der Waals surface area contributed by atoms with Crippen molar-refractivity contribution in [2.75, 3.05) is 30.5 Å². The summed E-state index contributed by atoms with van der Waals surface area (Å²) in [6, 6.07) is 7.88. The molecule has 0 bridgehead atoms. The van der Waals surface area contributed by atoms with E-state index in [1.54, 1.807) is 72.0 Å². The number of nitrogens with one attached hydrogen (secondary N) is 2. The Labute approximate surface area is 290 Å². The van der Waals surface area contributed by atoms with Crippen LogP contribution >= 0.6 is 11.6 Å². The Balaban J connectivity index is 1.70. The van der Waals surface area contributed by atoms with E-state index in [2.05, 4.69) is 31.7 Å². The molecule has 1 aliphatic heterocycles. The van der Waals surface area contributed by atoms with Gasteiger partial charge < -0.3 is 29.6 Å². The van der Waals surface area contributed by atoms with Crippen LogP contribution in [0.2, 0.25) is 5.02 Å². The number of anilines is 3. The van der Waals surface area contributed by atoms with Gasteiger partial charge in [0.15, 0.2) is 0 Å². The number of pyridine rings is 1. The molecule has 2 aromatic heterocycles. The maximum atomic E-state index is 13.5. The van der Waals surface area contributed by atoms with Crippen molar-refractivity contribution in [1.82, 2.24) is 20.3 Å². The molecule has 4 rings (SSSR count). The lowest BCUT2D eigenvalue weighted by molar-refractivity contribution is -0.147. The quantitative estimate of drug-likeness (QED) is 0.199. The third kappa shape index (κ3) is 9.05. The molecular weight excluding hydrogens is 654 g/mol. The van der Waals surface area contributed by atoms with Gasteiger partial charge >= 0.3 is 18.2 Å². The first-order valence-electron chi connectivity index (χ1n) is 15.4. The van der Waals surface area contributed by atoms with Crippen molar-refractivity contribution < 1.29 is 33.3 Å². The number of nitriles is 1. The molecule has 2 atom stereocenters. The van der Waals surface area contributed by atoms with Crippen molar-refractivity contribution >= 4 is 47.1 Å². The Hall–Kier alpha value is -5.16. The standard InChI is InChI=1S/C34H40ClN7O7/c1-19(39-30(44)48-32(2,3)4)28(43)47-18-34(8)17-42(31(45)49-33(5,6)7)26-21(15-36)12-20(13-23(26)34)24-10-11-37-29(40-24)41-25-14-22(35)16-38-27(25)46-9/h10-14,16,19H,17-18H2,1-9H3,(H,39,44)(H,37,40,41)/t19-,34-/m0/s1. The highest BCUT2D eigenvalue weighted by atomic mass is 35.5. The van der Waals surface area contributed by atoms with Crippen LogP contribution in [0.3, 0.4) is 0 Å². The number of carbonyl (C=O) groups is 3. The first-order chi connectivity index (χ1) is 22.8. The number of nitrogens with zero attached hydrogens (tertiary/aromatic N) is 5. The van der Waals surface area contributed by atoms with E-state index in [9.17, 15) is 19.6 Å². The molecule has 49 heavy (non-hydrogen) atoms. The topological polar surface area (TPSA) is 178 Å². The number of aromatic nitrogens is 3. The van der Waals surface area contributed by atoms with E-state index >= 15 is 0 Å². The van der Waals surface area contributed by atoms with Gasteiger partial charge in [-0.2, -0.15) is 5.26 Å². The number of benzene rings is 1. The van der Waals surface area contributed by atoms with Crippen molar-refractivity contribution in [3.8, 4) is 23.2 Å². The van der Waals surface area contributed by atoms with Crippen LogP contribution < -0.4 is 20.3 Å². The van der Waals surface area contributed by atoms with E-state index in [1.807, 2.05) is 6.92 Å². The zero-order chi connectivity index (χ0) is 36.3. The number of methoxy groups -OCH3 is 1. The molecule has 0 spiro atoms. The highest BCUT2D eigenvalue weighted by Gasteiger charge is 2.46. The number of halogens is 1. The number of rotatable bonds is 8. The van der Waals surface area contributed by atoms with Gasteiger partial charge in [0.25, 0.3) is 0 Å². The van der Waals surface area contributed by atoms with Gasteiger partial charge in [-0.05, 0) is 78.3 Å². The molecule has 3 heterocycles. The Morgan fingerprint density at radius 1 is 1.10 bits per heavy atom. The van der Waals surface area contributed by atoms with Crippen LogP contribution in [0.1, 0.15) is 66.5 Å². The monoisotopic (exact) mass is 693 g/mol. The normalized spacial score (nSPS) is 16.1. The van der Waals surface area contributed by atoms with Gasteiger partial charge in [-0.1, -0.05) is 18.5 Å². The second-order valence-corrected chi connectivity index (χ2v) is 14.2. The summed E-state index contributed by atoms with van der Waals surface area (Å²) in [4.78, 5) is 53.2. The van der Waals surface area contributed by atoms with Crippen LogP contribution in [0.5, 0.6) is 5.88 Å². The minimum atomic E-state index is -1.03. The molecule has 260 valence electrons. The fourth-order valence-electron chi connectivity index (χ4n) is 5.01. The van der Waals surface area contributed by atoms with Crippen molar-refractivity contribution in [2.45, 2.75) is 78.0 Å². The zero-order valence-corrected chi connectivity index (χ0v) is 29.7. The number of esters is 1. The summed E-state index contributed by atoms with van der Waals surface area (Å²) in [6.07, 6.45) is 1.56. The first-order valence-corrected chi connectivity index (χ1v) is 15.8. The Morgan fingerprint density at radius 3 is 2.43 bits per heavy atom. The summed E-state index contributed by atoms with van der Waals surface area (Å²) in [5.41, 5.74) is -0.0545. The number of ether oxygens (including phenoxy) is 4. The number of alkyl carbamates (subject to hydrolysis) is 1. The van der Waals surface area contributed by atoms with Gasteiger partial charge in [-0.25, -0.2) is 29.3 Å². The van der Waals surface area contributed by atoms with E-state index in [-0.39, 0.29) is 30.5 Å². The highest BCUT2D eigenvalue weighted by Crippen LogP contribution is 2.46. The van der Waals surface area contributed by atoms with Gasteiger partial charge in [0.1, 0.15) is 35.6 Å². The van der Waals surface area contributed by atoms with E-state index in [0.717, 1.165) is 0 Å². The van der Waals surface area contributed by atoms with Gasteiger partial charge in [-0.3, -0.25) is 4.90 Å². The van der Waals surface area contributed by atoms with Crippen LogP contribution in [0.15, 0.2) is 36.7 Å². The van der Waals surface area contributed by atoms with E-state index in [0.29, 0.717) is 33.2 Å². The predicted molar refractivity (Wildman–Crippen MR) is 182 cm³/mol. The lowest BCUT2D eigenvalue weighted by Gasteiger charge is -2.28. The molecule has 0 saturated heterocycles. The van der Waals surface area contributed by atoms with Crippen molar-refractivity contribution in [3.63, 3.8) is 0 Å². The number of amides is 2. The van der Waals surface area contributed by atoms with Crippen LogP contribution in [0.25, 0.3) is 11.3 Å². The molecule has 2 amide bonds. The number of fused-ring (bicyclic) bond motifs is 1. The van der Waals surface area contributed by atoms with E-state index in [1.165, 1.54) is 25.1 Å². The van der Waals surface area contributed by atoms with Crippen molar-refractivity contribution in [1.29, 1.82) is 5.26 Å². The number of hydrogen-bond acceptors (Lipinski definition) is 12. The summed E-state index contributed by atoms with van der Waals surface area (Å²) in [6.45, 7) is 13.5. The van der Waals surface area contributed by atoms with Gasteiger partial charge in [0.2, 0.25) is 11.8 Å². The van der Waals surface area contributed by atoms with Gasteiger partial charge in [0, 0.05) is 29.9 Å². The molecule has 1 aliphatic rings. The number of carbonyl (C=O) groups excluding carboxylic acids is 3. The minimum absolute atomic E-state index is 0.0364. The van der Waals surface area contributed by atoms with Crippen molar-refractivity contribution in [2.24, 2.45) is 0 Å². The maximum Gasteiger partial charge on any atom is 0.414 e. The van der Waals surface area contributed by atoms with Crippen molar-refractivity contribution in [3.05, 3.63) is 52.8 Å². The average molecular weight is 694 g/mol. The SMILES string of the molecule is COc1ncc(Cl)cc1Nc1nccc(-c2cc(C#N)c3c(c2)[C@](C)(COC(=O)[C@H](C)NC(=O)OC(C)(C)C)CN3C(=O)OC(C)(C)C)n1. The van der Waals surface area contributed by atoms with Crippen LogP contribution in [-0.4, -0.2) is 70.6 Å². The lowest BCUT2D eigenvalue weighted by Crippen LogP contribution is -2.44. The molecule has 0 fully saturated rings. The second kappa shape index (κ2) is 14.1. The van der Waals surface area contributed by atoms with E-state index in [4.69, 9.17) is 30.5 Å². The zero-order valence-electron chi connectivity index (χ0n) is 28.9. The molecule has 0 unspecified atom stereocenters. The molecule has 0 saturated carbocycles. The lowest BCUT2D eigenvalue weighted by atomic mass is 9.83. The smallest absolute Gasteiger partial charge is 0.414 e. The fraction of sp³-hybridized carbons (Fsp3) is 0.441. The third-order valence-electron chi connectivity index (χ3n) is 7.10. The maximum absolute atomic E-state index is 13.5. The van der Waals surface area contributed by atoms with Crippen LogP contribution in [-0.2, 0) is 24.4 Å². The minimum Gasteiger partial charge on any atom is -0.480 e. The summed E-state index contributed by atoms with van der Waals surface area (Å²) in [5, 5.41) is 16.2. The molecule has 15 heteroatoms. The summed E-state index contributed by atoms with van der Waals surface area (Å²) < 4.78 is 22.0. The Kier molecular flexibility index (Phi) is 10.6. The molecule has 2 N–H and O–H groups in total. The van der Waals surface area contributed by atoms with Crippen LogP contribution in [0, 0.1) is 11.3 Å². The largest absolute Gasteiger partial charge is 0.480 e. The highest BCUT2D eigenvalue weighted by molar-refractivity contribution is 6.30. The molecular formula is C34H40ClN7O7. The van der Waals surface area contributed by atoms with E-state index < -0.39 is 40.8 Å². The summed E-state index contributed by atoms with van der Waals surface area (Å²) in [5.74, 6) is -0.221. The average Bonchev–Trinajstić information content (AvgIpc) is 3.30. The molecule has 0 radical (unpaired) electrons. The second-order valence-electron chi connectivity index (χ2n) is 13.7. The van der Waals surface area contributed by atoms with Crippen LogP contribution in [0.4, 0.5) is 26.9 Å². The molecule has 0 aliphatic carbocycles. The number of hydrogen-bond donors (Lipinski definition) is 2. The Morgan fingerprint density at radius 2 is 1.80 bits per heavy atom. The van der Waals surface area contributed by atoms with Gasteiger partial charge in [-0.15, -0.1) is 0 Å². The summed E-state index contributed by atoms with van der Waals surface area (Å²) in [7, 11) is 1.47. The molecule has 3 aromatic rings. The fourth-order valence-corrected chi connectivity index (χ4v) is 5.16. The Bertz CT molecular complexity index is 1800.